The molecule has 1 fully saturated rings. The van der Waals surface area contributed by atoms with E-state index in [4.69, 9.17) is 0 Å². The smallest absolute Gasteiger partial charge is 0.0726 e. The first-order valence-corrected chi connectivity index (χ1v) is 10.5. The van der Waals surface area contributed by atoms with Gasteiger partial charge in [-0.25, -0.2) is 0 Å². The molecule has 2 aromatic carbocycles. The number of aliphatic hydroxyl groups is 1. The van der Waals surface area contributed by atoms with Crippen molar-refractivity contribution in [3.05, 3.63) is 70.3 Å². The third-order valence-electron chi connectivity index (χ3n) is 7.63. The monoisotopic (exact) mass is 397 g/mol. The topological polar surface area (TPSA) is 23.5 Å². The maximum absolute atomic E-state index is 11.5. The Morgan fingerprint density at radius 1 is 0.964 bits per heavy atom. The molecule has 1 saturated heterocycles. The lowest BCUT2D eigenvalue weighted by atomic mass is 9.66. The summed E-state index contributed by atoms with van der Waals surface area (Å²) in [4.78, 5) is 2.65. The largest absolute Gasteiger partial charge is 0.389 e. The number of benzene rings is 2. The van der Waals surface area contributed by atoms with Crippen LogP contribution < -0.4 is 0 Å². The Morgan fingerprint density at radius 3 is 2.43 bits per heavy atom. The third-order valence-corrected chi connectivity index (χ3v) is 7.63. The molecule has 0 spiro atoms. The molecule has 0 radical (unpaired) electrons. The average molecular weight is 398 g/mol. The van der Waals surface area contributed by atoms with Gasteiger partial charge in [-0.05, 0) is 58.9 Å². The Balaban J connectivity index is 0.00000192. The van der Waals surface area contributed by atoms with Crippen LogP contribution in [-0.4, -0.2) is 28.7 Å². The molecular formula is C25H32ClNO. The van der Waals surface area contributed by atoms with Gasteiger partial charge in [-0.15, -0.1) is 12.4 Å². The fourth-order valence-electron chi connectivity index (χ4n) is 5.76. The molecule has 2 aliphatic heterocycles. The van der Waals surface area contributed by atoms with Crippen molar-refractivity contribution >= 4 is 12.4 Å². The molecular weight excluding hydrogens is 366 g/mol. The maximum atomic E-state index is 11.5. The second-order valence-corrected chi connectivity index (χ2v) is 9.92. The van der Waals surface area contributed by atoms with E-state index >= 15 is 0 Å². The van der Waals surface area contributed by atoms with E-state index in [2.05, 4.69) is 68.1 Å². The Labute approximate surface area is 175 Å². The van der Waals surface area contributed by atoms with Crippen LogP contribution in [0.5, 0.6) is 0 Å². The highest BCUT2D eigenvalue weighted by Gasteiger charge is 2.49. The van der Waals surface area contributed by atoms with Gasteiger partial charge in [0.15, 0.2) is 0 Å². The Kier molecular flexibility index (Phi) is 4.89. The number of hydrogen-bond donors (Lipinski definition) is 1. The van der Waals surface area contributed by atoms with Crippen molar-refractivity contribution in [3.63, 3.8) is 0 Å². The molecule has 1 aliphatic carbocycles. The molecule has 28 heavy (non-hydrogen) atoms. The van der Waals surface area contributed by atoms with E-state index in [9.17, 15) is 5.11 Å². The van der Waals surface area contributed by atoms with E-state index in [1.807, 2.05) is 0 Å². The number of rotatable bonds is 0. The summed E-state index contributed by atoms with van der Waals surface area (Å²) in [7, 11) is 0. The Hall–Kier alpha value is -1.35. The Bertz CT molecular complexity index is 886. The predicted octanol–water partition coefficient (Wildman–Crippen LogP) is 5.27. The zero-order valence-corrected chi connectivity index (χ0v) is 18.1. The molecule has 1 unspecified atom stereocenters. The number of halogens is 1. The molecule has 0 saturated carbocycles. The lowest BCUT2D eigenvalue weighted by molar-refractivity contribution is -0.119. The van der Waals surface area contributed by atoms with Gasteiger partial charge < -0.3 is 5.11 Å². The van der Waals surface area contributed by atoms with Crippen molar-refractivity contribution in [3.8, 4) is 0 Å². The van der Waals surface area contributed by atoms with Gasteiger partial charge in [-0.3, -0.25) is 4.90 Å². The molecule has 2 heterocycles. The minimum atomic E-state index is -0.591. The first-order chi connectivity index (χ1) is 12.9. The predicted molar refractivity (Wildman–Crippen MR) is 117 cm³/mol. The highest BCUT2D eigenvalue weighted by molar-refractivity contribution is 5.85. The van der Waals surface area contributed by atoms with Gasteiger partial charge in [0.1, 0.15) is 0 Å². The molecule has 0 amide bonds. The number of aryl methyl sites for hydroxylation is 2. The first-order valence-electron chi connectivity index (χ1n) is 10.5. The average Bonchev–Trinajstić information content (AvgIpc) is 2.80. The van der Waals surface area contributed by atoms with Crippen LogP contribution in [-0.2, 0) is 12.8 Å². The lowest BCUT2D eigenvalue weighted by Crippen LogP contribution is -2.55. The molecule has 1 N–H and O–H groups in total. The van der Waals surface area contributed by atoms with E-state index in [1.165, 1.54) is 22.3 Å². The molecule has 2 aromatic rings. The number of nitrogens with zero attached hydrogens (tertiary/aromatic N) is 1. The third kappa shape index (κ3) is 2.93. The quantitative estimate of drug-likeness (QED) is 0.654. The molecule has 0 bridgehead atoms. The van der Waals surface area contributed by atoms with Crippen molar-refractivity contribution in [1.82, 2.24) is 4.90 Å². The van der Waals surface area contributed by atoms with E-state index in [0.717, 1.165) is 38.8 Å². The van der Waals surface area contributed by atoms with E-state index < -0.39 is 5.60 Å². The number of fused-ring (bicyclic) bond motifs is 4. The molecule has 3 heteroatoms. The van der Waals surface area contributed by atoms with Gasteiger partial charge in [-0.1, -0.05) is 63.2 Å². The van der Waals surface area contributed by atoms with Crippen LogP contribution in [0.25, 0.3) is 0 Å². The molecule has 3 atom stereocenters. The molecule has 0 aromatic heterocycles. The van der Waals surface area contributed by atoms with E-state index in [-0.39, 0.29) is 17.8 Å². The van der Waals surface area contributed by atoms with Gasteiger partial charge >= 0.3 is 0 Å². The number of hydrogen-bond acceptors (Lipinski definition) is 2. The van der Waals surface area contributed by atoms with Crippen LogP contribution in [0.4, 0.5) is 0 Å². The standard InChI is InChI=1S/C25H31NO.ClH/c1-24(2,3)25(27)13-14-26-16-21-19-9-5-4-7-17(19)11-12-18-8-6-10-20(23(18)21)22(26)15-25;/h4-10,21-22,27H,11-16H2,1-3H3;1H/t21-,22-,25?;/m0./s1. The molecule has 2 nitrogen and oxygen atoms in total. The van der Waals surface area contributed by atoms with Crippen LogP contribution in [0.1, 0.15) is 73.4 Å². The zero-order valence-electron chi connectivity index (χ0n) is 17.2. The first kappa shape index (κ1) is 19.9. The summed E-state index contributed by atoms with van der Waals surface area (Å²) >= 11 is 0. The fourth-order valence-corrected chi connectivity index (χ4v) is 5.76. The van der Waals surface area contributed by atoms with E-state index in [0.29, 0.717) is 12.0 Å². The summed E-state index contributed by atoms with van der Waals surface area (Å²) in [6.45, 7) is 8.65. The SMILES string of the molecule is CC(C)(C)C1(O)CCN2C[C@H]3c4ccccc4CCc4cccc(c43)[C@@H]2C1.Cl. The highest BCUT2D eigenvalue weighted by Crippen LogP contribution is 2.51. The van der Waals surface area contributed by atoms with Gasteiger partial charge in [0, 0.05) is 25.0 Å². The summed E-state index contributed by atoms with van der Waals surface area (Å²) in [5.74, 6) is 0.479. The van der Waals surface area contributed by atoms with Gasteiger partial charge in [0.05, 0.1) is 5.60 Å². The second-order valence-electron chi connectivity index (χ2n) is 9.92. The van der Waals surface area contributed by atoms with E-state index in [1.54, 1.807) is 5.56 Å². The fraction of sp³-hybridized carbons (Fsp3) is 0.520. The maximum Gasteiger partial charge on any atom is 0.0726 e. The highest BCUT2D eigenvalue weighted by atomic mass is 35.5. The zero-order chi connectivity index (χ0) is 18.8. The minimum absolute atomic E-state index is 0. The van der Waals surface area contributed by atoms with Crippen LogP contribution in [0.2, 0.25) is 0 Å². The van der Waals surface area contributed by atoms with Gasteiger partial charge in [0.25, 0.3) is 0 Å². The normalized spacial score (nSPS) is 29.0. The van der Waals surface area contributed by atoms with Gasteiger partial charge in [0.2, 0.25) is 0 Å². The second kappa shape index (κ2) is 6.86. The summed E-state index contributed by atoms with van der Waals surface area (Å²) < 4.78 is 0. The van der Waals surface area contributed by atoms with Crippen molar-refractivity contribution < 1.29 is 5.11 Å². The van der Waals surface area contributed by atoms with Crippen molar-refractivity contribution in [1.29, 1.82) is 0 Å². The summed E-state index contributed by atoms with van der Waals surface area (Å²) in [5.41, 5.74) is 6.94. The van der Waals surface area contributed by atoms with Crippen LogP contribution in [0.15, 0.2) is 42.5 Å². The van der Waals surface area contributed by atoms with Crippen molar-refractivity contribution in [2.24, 2.45) is 5.41 Å². The molecule has 5 rings (SSSR count). The van der Waals surface area contributed by atoms with Crippen molar-refractivity contribution in [2.75, 3.05) is 13.1 Å². The van der Waals surface area contributed by atoms with Crippen LogP contribution >= 0.6 is 12.4 Å². The molecule has 3 aliphatic rings. The summed E-state index contributed by atoms with van der Waals surface area (Å²) in [6.07, 6.45) is 3.99. The summed E-state index contributed by atoms with van der Waals surface area (Å²) in [5, 5.41) is 11.5. The van der Waals surface area contributed by atoms with Crippen LogP contribution in [0, 0.1) is 5.41 Å². The minimum Gasteiger partial charge on any atom is -0.389 e. The number of piperidine rings is 1. The van der Waals surface area contributed by atoms with Crippen LogP contribution in [0.3, 0.4) is 0 Å². The van der Waals surface area contributed by atoms with Gasteiger partial charge in [-0.2, -0.15) is 0 Å². The lowest BCUT2D eigenvalue weighted by Gasteiger charge is -2.53. The van der Waals surface area contributed by atoms with Crippen molar-refractivity contribution in [2.45, 2.75) is 64.0 Å². The Morgan fingerprint density at radius 2 is 1.64 bits per heavy atom. The summed E-state index contributed by atoms with van der Waals surface area (Å²) in [6, 6.07) is 16.3. The molecule has 150 valence electrons.